The van der Waals surface area contributed by atoms with E-state index in [1.165, 1.54) is 19.1 Å². The Hall–Kier alpha value is -1.91. The van der Waals surface area contributed by atoms with Gasteiger partial charge in [-0.15, -0.1) is 0 Å². The zero-order valence-corrected chi connectivity index (χ0v) is 17.7. The van der Waals surface area contributed by atoms with Crippen molar-refractivity contribution in [1.29, 1.82) is 0 Å². The van der Waals surface area contributed by atoms with Gasteiger partial charge in [0.1, 0.15) is 54.6 Å². The summed E-state index contributed by atoms with van der Waals surface area (Å²) in [5.74, 6) is -0.0144. The second-order valence-electron chi connectivity index (χ2n) is 7.83. The van der Waals surface area contributed by atoms with Crippen molar-refractivity contribution in [2.45, 2.75) is 68.3 Å². The number of rotatable bonds is 7. The normalized spacial score (nSPS) is 39.2. The van der Waals surface area contributed by atoms with Gasteiger partial charge in [-0.2, -0.15) is 0 Å². The summed E-state index contributed by atoms with van der Waals surface area (Å²) >= 11 is 0. The number of hydrogen-bond donors (Lipinski definition) is 8. The number of benzene rings is 1. The molecule has 33 heavy (non-hydrogen) atoms. The Morgan fingerprint density at radius 3 is 2.00 bits per heavy atom. The van der Waals surface area contributed by atoms with Gasteiger partial charge in [-0.25, -0.2) is 0 Å². The first-order valence-corrected chi connectivity index (χ1v) is 10.3. The summed E-state index contributed by atoms with van der Waals surface area (Å²) in [6.45, 7) is 0.000118. The number of carbonyl (C=O) groups excluding carboxylic acids is 1. The van der Waals surface area contributed by atoms with E-state index in [0.29, 0.717) is 5.69 Å². The largest absolute Gasteiger partial charge is 0.462 e. The lowest BCUT2D eigenvalue weighted by atomic mass is 9.97. The van der Waals surface area contributed by atoms with Crippen LogP contribution in [0.4, 0.5) is 5.69 Å². The fraction of sp³-hybridized carbons (Fsp3) is 0.650. The zero-order chi connectivity index (χ0) is 24.3. The lowest BCUT2D eigenvalue weighted by Crippen LogP contribution is -2.65. The molecule has 2 saturated heterocycles. The van der Waals surface area contributed by atoms with Crippen LogP contribution < -0.4 is 10.1 Å². The van der Waals surface area contributed by atoms with E-state index in [0.717, 1.165) is 0 Å². The molecular formula is C20H29NO12. The molecular weight excluding hydrogens is 446 g/mol. The predicted octanol–water partition coefficient (Wildman–Crippen LogP) is -3.35. The summed E-state index contributed by atoms with van der Waals surface area (Å²) in [5, 5.41) is 72.6. The number of ether oxygens (including phenoxy) is 4. The van der Waals surface area contributed by atoms with Crippen LogP contribution in [-0.4, -0.2) is 116 Å². The van der Waals surface area contributed by atoms with E-state index in [1.807, 2.05) is 0 Å². The van der Waals surface area contributed by atoms with Gasteiger partial charge in [0.05, 0.1) is 13.2 Å². The van der Waals surface area contributed by atoms with Crippen molar-refractivity contribution >= 4 is 11.6 Å². The minimum atomic E-state index is -1.75. The Balaban J connectivity index is 1.68. The highest BCUT2D eigenvalue weighted by Gasteiger charge is 2.51. The Bertz CT molecular complexity index is 775. The van der Waals surface area contributed by atoms with E-state index in [4.69, 9.17) is 18.9 Å². The van der Waals surface area contributed by atoms with Crippen LogP contribution in [-0.2, 0) is 19.0 Å². The predicted molar refractivity (Wildman–Crippen MR) is 108 cm³/mol. The first-order valence-electron chi connectivity index (χ1n) is 10.3. The Morgan fingerprint density at radius 2 is 1.42 bits per heavy atom. The second-order valence-corrected chi connectivity index (χ2v) is 7.83. The molecule has 3 rings (SSSR count). The molecule has 0 radical (unpaired) electrons. The summed E-state index contributed by atoms with van der Waals surface area (Å²) in [5.41, 5.74) is 0.515. The van der Waals surface area contributed by atoms with Crippen LogP contribution in [0.1, 0.15) is 6.92 Å². The summed E-state index contributed by atoms with van der Waals surface area (Å²) in [4.78, 5) is 11.1. The smallest absolute Gasteiger partial charge is 0.229 e. The lowest BCUT2D eigenvalue weighted by molar-refractivity contribution is -0.352. The fourth-order valence-electron chi connectivity index (χ4n) is 3.61. The van der Waals surface area contributed by atoms with Gasteiger partial charge in [-0.05, 0) is 24.3 Å². The summed E-state index contributed by atoms with van der Waals surface area (Å²) in [6.07, 6.45) is -15.3. The summed E-state index contributed by atoms with van der Waals surface area (Å²) in [7, 11) is 0. The Labute approximate surface area is 188 Å². The van der Waals surface area contributed by atoms with Gasteiger partial charge < -0.3 is 60.0 Å². The maximum absolute atomic E-state index is 11.1. The molecule has 8 N–H and O–H groups in total. The first-order chi connectivity index (χ1) is 15.7. The zero-order valence-electron chi connectivity index (χ0n) is 17.7. The second kappa shape index (κ2) is 11.0. The maximum Gasteiger partial charge on any atom is 0.229 e. The standard InChI is InChI=1S/C20H29NO12/c1-8(24)21-9-2-4-10(5-3-9)30-19-17(29)15(27)18(12(7-23)32-19)33-20-16(28)14(26)13(25)11(6-22)31-20/h2-5,11-20,22-23,25-29H,6-7H2,1H3,(H,21,24)/t11-,12?,13+,14+,15-,16-,17+,18-,19+,20+/m1/s1. The molecule has 1 aromatic rings. The lowest BCUT2D eigenvalue weighted by Gasteiger charge is -2.45. The van der Waals surface area contributed by atoms with Crippen LogP contribution in [0.5, 0.6) is 5.75 Å². The summed E-state index contributed by atoms with van der Waals surface area (Å²) in [6, 6.07) is 6.10. The van der Waals surface area contributed by atoms with Crippen molar-refractivity contribution in [3.8, 4) is 5.75 Å². The highest BCUT2D eigenvalue weighted by Crippen LogP contribution is 2.30. The molecule has 0 bridgehead atoms. The van der Waals surface area contributed by atoms with Gasteiger partial charge in [-0.1, -0.05) is 0 Å². The number of aliphatic hydroxyl groups is 7. The van der Waals surface area contributed by atoms with Gasteiger partial charge in [0.25, 0.3) is 0 Å². The monoisotopic (exact) mass is 475 g/mol. The molecule has 186 valence electrons. The number of aliphatic hydroxyl groups excluding tert-OH is 7. The van der Waals surface area contributed by atoms with Crippen molar-refractivity contribution in [2.24, 2.45) is 0 Å². The van der Waals surface area contributed by atoms with E-state index in [1.54, 1.807) is 12.1 Å². The van der Waals surface area contributed by atoms with Gasteiger partial charge >= 0.3 is 0 Å². The molecule has 0 aliphatic carbocycles. The highest BCUT2D eigenvalue weighted by molar-refractivity contribution is 5.88. The molecule has 2 aliphatic rings. The quantitative estimate of drug-likeness (QED) is 0.195. The molecule has 0 aromatic heterocycles. The van der Waals surface area contributed by atoms with Crippen LogP contribution in [0.15, 0.2) is 24.3 Å². The van der Waals surface area contributed by atoms with Crippen molar-refractivity contribution in [1.82, 2.24) is 0 Å². The average molecular weight is 475 g/mol. The molecule has 1 amide bonds. The average Bonchev–Trinajstić information content (AvgIpc) is 2.79. The van der Waals surface area contributed by atoms with E-state index in [9.17, 15) is 40.5 Å². The van der Waals surface area contributed by atoms with Gasteiger partial charge in [0.15, 0.2) is 6.29 Å². The highest BCUT2D eigenvalue weighted by atomic mass is 16.7. The van der Waals surface area contributed by atoms with Crippen LogP contribution in [0.25, 0.3) is 0 Å². The number of anilines is 1. The third-order valence-electron chi connectivity index (χ3n) is 5.39. The summed E-state index contributed by atoms with van der Waals surface area (Å²) < 4.78 is 21.8. The number of amides is 1. The number of carbonyl (C=O) groups is 1. The van der Waals surface area contributed by atoms with Crippen LogP contribution in [0.3, 0.4) is 0 Å². The van der Waals surface area contributed by atoms with E-state index < -0.39 is 74.6 Å². The fourth-order valence-corrected chi connectivity index (χ4v) is 3.61. The van der Waals surface area contributed by atoms with Crippen molar-refractivity contribution < 1.29 is 59.5 Å². The molecule has 0 spiro atoms. The first kappa shape index (κ1) is 25.7. The van der Waals surface area contributed by atoms with Crippen molar-refractivity contribution in [3.63, 3.8) is 0 Å². The van der Waals surface area contributed by atoms with E-state index in [2.05, 4.69) is 5.32 Å². The minimum Gasteiger partial charge on any atom is -0.462 e. The minimum absolute atomic E-state index is 0.241. The number of hydrogen-bond acceptors (Lipinski definition) is 12. The van der Waals surface area contributed by atoms with Gasteiger partial charge in [0.2, 0.25) is 12.2 Å². The molecule has 2 aliphatic heterocycles. The molecule has 13 heteroatoms. The topological polar surface area (TPSA) is 208 Å². The Morgan fingerprint density at radius 1 is 0.848 bits per heavy atom. The van der Waals surface area contributed by atoms with E-state index >= 15 is 0 Å². The third kappa shape index (κ3) is 5.78. The third-order valence-corrected chi connectivity index (χ3v) is 5.39. The molecule has 1 aromatic carbocycles. The van der Waals surface area contributed by atoms with E-state index in [-0.39, 0.29) is 11.7 Å². The molecule has 2 fully saturated rings. The molecule has 2 heterocycles. The SMILES string of the molecule is CC(=O)Nc1ccc(O[C@H]2OC(CO)[C@@H](O[C@@H]3O[C@H](CO)[C@H](O)[C@H](O)[C@H]3O)[C@H](O)[C@@H]2O)cc1. The van der Waals surface area contributed by atoms with Crippen LogP contribution >= 0.6 is 0 Å². The Kier molecular flexibility index (Phi) is 8.58. The molecule has 1 unspecified atom stereocenters. The molecule has 0 saturated carbocycles. The molecule has 10 atom stereocenters. The van der Waals surface area contributed by atoms with Gasteiger partial charge in [0, 0.05) is 12.6 Å². The van der Waals surface area contributed by atoms with Crippen molar-refractivity contribution in [3.05, 3.63) is 24.3 Å². The van der Waals surface area contributed by atoms with Crippen molar-refractivity contribution in [2.75, 3.05) is 18.5 Å². The molecule has 13 nitrogen and oxygen atoms in total. The van der Waals surface area contributed by atoms with Crippen LogP contribution in [0, 0.1) is 0 Å². The maximum atomic E-state index is 11.1. The number of nitrogens with one attached hydrogen (secondary N) is 1. The van der Waals surface area contributed by atoms with Gasteiger partial charge in [-0.3, -0.25) is 4.79 Å². The van der Waals surface area contributed by atoms with Crippen LogP contribution in [0.2, 0.25) is 0 Å².